The van der Waals surface area contributed by atoms with Crippen molar-refractivity contribution in [3.63, 3.8) is 0 Å². The van der Waals surface area contributed by atoms with Crippen LogP contribution in [0.1, 0.15) is 22.3 Å². The van der Waals surface area contributed by atoms with Crippen molar-refractivity contribution in [2.75, 3.05) is 6.61 Å². The molecule has 1 atom stereocenters. The van der Waals surface area contributed by atoms with E-state index in [1.54, 1.807) is 12.2 Å². The Morgan fingerprint density at radius 1 is 1.08 bits per heavy atom. The molecule has 134 valence electrons. The topological polar surface area (TPSA) is 66.4 Å². The van der Waals surface area contributed by atoms with Gasteiger partial charge in [0.2, 0.25) is 10.0 Å². The molecule has 0 spiro atoms. The third-order valence-electron chi connectivity index (χ3n) is 3.95. The molecule has 4 nitrogen and oxygen atoms in total. The van der Waals surface area contributed by atoms with Gasteiger partial charge in [0.1, 0.15) is 0 Å². The molecular formula is C20H25NO3S. The van der Waals surface area contributed by atoms with Crippen molar-refractivity contribution in [3.8, 4) is 0 Å². The third-order valence-corrected chi connectivity index (χ3v) is 5.75. The van der Waals surface area contributed by atoms with Crippen molar-refractivity contribution in [1.82, 2.24) is 4.72 Å². The summed E-state index contributed by atoms with van der Waals surface area (Å²) in [6.45, 7) is 5.44. The molecule has 2 rings (SSSR count). The molecule has 0 aliphatic carbocycles. The summed E-state index contributed by atoms with van der Waals surface area (Å²) in [4.78, 5) is 0.327. The van der Waals surface area contributed by atoms with E-state index in [0.29, 0.717) is 11.3 Å². The Labute approximate surface area is 150 Å². The maximum atomic E-state index is 12.9. The van der Waals surface area contributed by atoms with E-state index in [9.17, 15) is 8.42 Å². The molecule has 0 heterocycles. The van der Waals surface area contributed by atoms with Crippen molar-refractivity contribution in [2.45, 2.75) is 38.1 Å². The largest absolute Gasteiger partial charge is 0.392 e. The van der Waals surface area contributed by atoms with Gasteiger partial charge in [-0.1, -0.05) is 60.2 Å². The number of rotatable bonds is 7. The molecule has 0 saturated heterocycles. The predicted molar refractivity (Wildman–Crippen MR) is 101 cm³/mol. The second-order valence-electron chi connectivity index (χ2n) is 6.26. The van der Waals surface area contributed by atoms with Gasteiger partial charge in [0, 0.05) is 6.04 Å². The van der Waals surface area contributed by atoms with Gasteiger partial charge < -0.3 is 5.11 Å². The number of benzene rings is 2. The van der Waals surface area contributed by atoms with Crippen LogP contribution in [0.3, 0.4) is 0 Å². The van der Waals surface area contributed by atoms with Crippen LogP contribution in [-0.2, 0) is 16.4 Å². The number of sulfonamides is 1. The molecule has 0 amide bonds. The van der Waals surface area contributed by atoms with E-state index in [1.165, 1.54) is 0 Å². The Kier molecular flexibility index (Phi) is 6.53. The maximum absolute atomic E-state index is 12.9. The molecule has 0 aliphatic heterocycles. The molecule has 0 aliphatic rings. The fourth-order valence-corrected chi connectivity index (χ4v) is 4.73. The molecule has 25 heavy (non-hydrogen) atoms. The van der Waals surface area contributed by atoms with E-state index in [4.69, 9.17) is 5.11 Å². The zero-order chi connectivity index (χ0) is 18.4. The number of hydrogen-bond acceptors (Lipinski definition) is 3. The summed E-state index contributed by atoms with van der Waals surface area (Å²) in [5.41, 5.74) is 3.52. The van der Waals surface area contributed by atoms with Crippen LogP contribution < -0.4 is 4.72 Å². The maximum Gasteiger partial charge on any atom is 0.241 e. The highest BCUT2D eigenvalue weighted by Crippen LogP contribution is 2.22. The van der Waals surface area contributed by atoms with Gasteiger partial charge in [-0.25, -0.2) is 13.1 Å². The Hall–Kier alpha value is -1.95. The van der Waals surface area contributed by atoms with Crippen molar-refractivity contribution >= 4 is 10.0 Å². The van der Waals surface area contributed by atoms with Gasteiger partial charge in [0.05, 0.1) is 11.5 Å². The Morgan fingerprint density at radius 3 is 2.24 bits per heavy atom. The van der Waals surface area contributed by atoms with Crippen LogP contribution in [0.25, 0.3) is 0 Å². The lowest BCUT2D eigenvalue weighted by Crippen LogP contribution is -2.35. The van der Waals surface area contributed by atoms with E-state index >= 15 is 0 Å². The minimum absolute atomic E-state index is 0.129. The fourth-order valence-electron chi connectivity index (χ4n) is 3.09. The van der Waals surface area contributed by atoms with Gasteiger partial charge in [0.15, 0.2) is 0 Å². The van der Waals surface area contributed by atoms with Crippen LogP contribution in [0, 0.1) is 20.8 Å². The van der Waals surface area contributed by atoms with E-state index in [2.05, 4.69) is 4.72 Å². The van der Waals surface area contributed by atoms with Crippen molar-refractivity contribution in [2.24, 2.45) is 0 Å². The zero-order valence-corrected chi connectivity index (χ0v) is 15.7. The highest BCUT2D eigenvalue weighted by molar-refractivity contribution is 7.89. The molecule has 0 radical (unpaired) electrons. The molecule has 0 saturated carbocycles. The molecule has 0 bridgehead atoms. The second kappa shape index (κ2) is 8.43. The van der Waals surface area contributed by atoms with E-state index in [0.717, 1.165) is 22.3 Å². The summed E-state index contributed by atoms with van der Waals surface area (Å²) in [5.74, 6) is 0. The first-order valence-electron chi connectivity index (χ1n) is 8.25. The zero-order valence-electron chi connectivity index (χ0n) is 14.9. The molecular weight excluding hydrogens is 334 g/mol. The summed E-state index contributed by atoms with van der Waals surface area (Å²) in [6, 6.07) is 13.0. The Balaban J connectivity index is 2.32. The molecule has 2 aromatic rings. The van der Waals surface area contributed by atoms with Crippen LogP contribution in [0.15, 0.2) is 59.5 Å². The van der Waals surface area contributed by atoms with Gasteiger partial charge in [-0.05, 0) is 43.9 Å². The molecule has 5 heteroatoms. The lowest BCUT2D eigenvalue weighted by molar-refractivity contribution is 0.342. The standard InChI is InChI=1S/C20H25NO3S/c1-15-12-16(2)20(17(3)13-15)25(23,24)21-19(10-7-11-22)14-18-8-5-4-6-9-18/h4-10,12-13,19,21-22H,11,14H2,1-3H3/b10-7+/t19-/m1/s1. The fraction of sp³-hybridized carbons (Fsp3) is 0.300. The van der Waals surface area contributed by atoms with Crippen molar-refractivity contribution < 1.29 is 13.5 Å². The summed E-state index contributed by atoms with van der Waals surface area (Å²) in [5, 5.41) is 9.05. The minimum Gasteiger partial charge on any atom is -0.392 e. The molecule has 0 unspecified atom stereocenters. The van der Waals surface area contributed by atoms with Gasteiger partial charge in [-0.2, -0.15) is 0 Å². The van der Waals surface area contributed by atoms with Gasteiger partial charge in [-0.15, -0.1) is 0 Å². The number of aliphatic hydroxyl groups is 1. The molecule has 2 N–H and O–H groups in total. The lowest BCUT2D eigenvalue weighted by Gasteiger charge is -2.18. The number of aliphatic hydroxyl groups excluding tert-OH is 1. The van der Waals surface area contributed by atoms with Gasteiger partial charge >= 0.3 is 0 Å². The predicted octanol–water partition coefficient (Wildman–Crippen LogP) is 3.05. The monoisotopic (exact) mass is 359 g/mol. The quantitative estimate of drug-likeness (QED) is 0.747. The van der Waals surface area contributed by atoms with Crippen LogP contribution in [0.2, 0.25) is 0 Å². The summed E-state index contributed by atoms with van der Waals surface area (Å²) < 4.78 is 28.7. The van der Waals surface area contributed by atoms with Gasteiger partial charge in [0.25, 0.3) is 0 Å². The molecule has 0 fully saturated rings. The van der Waals surface area contributed by atoms with Crippen LogP contribution >= 0.6 is 0 Å². The molecule has 0 aromatic heterocycles. The summed E-state index contributed by atoms with van der Waals surface area (Å²) >= 11 is 0. The second-order valence-corrected chi connectivity index (χ2v) is 7.91. The van der Waals surface area contributed by atoms with Crippen molar-refractivity contribution in [3.05, 3.63) is 76.9 Å². The van der Waals surface area contributed by atoms with Crippen LogP contribution in [0.5, 0.6) is 0 Å². The van der Waals surface area contributed by atoms with Gasteiger partial charge in [-0.3, -0.25) is 0 Å². The highest BCUT2D eigenvalue weighted by Gasteiger charge is 2.23. The van der Waals surface area contributed by atoms with E-state index in [1.807, 2.05) is 63.2 Å². The first-order valence-corrected chi connectivity index (χ1v) is 9.73. The smallest absolute Gasteiger partial charge is 0.241 e. The third kappa shape index (κ3) is 5.26. The average molecular weight is 359 g/mol. The first-order chi connectivity index (χ1) is 11.8. The summed E-state index contributed by atoms with van der Waals surface area (Å²) in [7, 11) is -3.67. The van der Waals surface area contributed by atoms with E-state index in [-0.39, 0.29) is 6.61 Å². The SMILES string of the molecule is Cc1cc(C)c(S(=O)(=O)N[C@H](/C=C/CO)Cc2ccccc2)c(C)c1. The minimum atomic E-state index is -3.67. The average Bonchev–Trinajstić information content (AvgIpc) is 2.52. The Morgan fingerprint density at radius 2 is 1.68 bits per heavy atom. The first kappa shape index (κ1) is 19.4. The highest BCUT2D eigenvalue weighted by atomic mass is 32.2. The van der Waals surface area contributed by atoms with Crippen molar-refractivity contribution in [1.29, 1.82) is 0 Å². The van der Waals surface area contributed by atoms with Crippen LogP contribution in [-0.4, -0.2) is 26.2 Å². The normalized spacial score (nSPS) is 13.3. The van der Waals surface area contributed by atoms with Crippen LogP contribution in [0.4, 0.5) is 0 Å². The number of aryl methyl sites for hydroxylation is 3. The number of nitrogens with one attached hydrogen (secondary N) is 1. The van der Waals surface area contributed by atoms with E-state index < -0.39 is 16.1 Å². The summed E-state index contributed by atoms with van der Waals surface area (Å²) in [6.07, 6.45) is 3.77. The molecule has 2 aromatic carbocycles. The number of hydrogen-bond donors (Lipinski definition) is 2. The lowest BCUT2D eigenvalue weighted by atomic mass is 10.1. The Bertz CT molecular complexity index is 819.